The summed E-state index contributed by atoms with van der Waals surface area (Å²) in [6, 6.07) is 15.6. The molecule has 0 atom stereocenters. The number of nitrogens with one attached hydrogen (secondary N) is 2. The summed E-state index contributed by atoms with van der Waals surface area (Å²) in [5.41, 5.74) is 3.38. The highest BCUT2D eigenvalue weighted by Crippen LogP contribution is 2.16. The number of benzene rings is 2. The van der Waals surface area contributed by atoms with Gasteiger partial charge in [-0.2, -0.15) is 0 Å². The van der Waals surface area contributed by atoms with Gasteiger partial charge in [0.25, 0.3) is 5.91 Å². The Labute approximate surface area is 170 Å². The average molecular weight is 391 g/mol. The summed E-state index contributed by atoms with van der Waals surface area (Å²) in [5.74, 6) is 1.09. The Bertz CT molecular complexity index is 923. The molecule has 150 valence electrons. The Hall–Kier alpha value is -3.61. The maximum Gasteiger partial charge on any atom is 0.258 e. The lowest BCUT2D eigenvalue weighted by Gasteiger charge is -2.13. The van der Waals surface area contributed by atoms with Gasteiger partial charge in [-0.05, 0) is 48.4 Å². The molecule has 7 heteroatoms. The van der Waals surface area contributed by atoms with Gasteiger partial charge in [-0.15, -0.1) is 0 Å². The number of hydrogen-bond donors (Lipinski definition) is 2. The van der Waals surface area contributed by atoms with E-state index in [-0.39, 0.29) is 5.91 Å². The van der Waals surface area contributed by atoms with Crippen molar-refractivity contribution >= 4 is 23.2 Å². The molecule has 0 radical (unpaired) electrons. The van der Waals surface area contributed by atoms with Crippen LogP contribution in [0, 0.1) is 0 Å². The maximum atomic E-state index is 12.4. The van der Waals surface area contributed by atoms with Crippen molar-refractivity contribution in [1.29, 1.82) is 0 Å². The van der Waals surface area contributed by atoms with Crippen LogP contribution in [0.15, 0.2) is 60.9 Å². The minimum Gasteiger partial charge on any atom is -0.497 e. The van der Waals surface area contributed by atoms with Gasteiger partial charge in [-0.3, -0.25) is 4.79 Å². The van der Waals surface area contributed by atoms with Crippen LogP contribution < -0.4 is 20.3 Å². The molecule has 29 heavy (non-hydrogen) atoms. The van der Waals surface area contributed by atoms with E-state index in [0.29, 0.717) is 18.1 Å². The average Bonchev–Trinajstić information content (AvgIpc) is 2.75. The second-order valence-electron chi connectivity index (χ2n) is 6.72. The number of aromatic nitrogens is 2. The first-order valence-electron chi connectivity index (χ1n) is 9.33. The highest BCUT2D eigenvalue weighted by molar-refractivity contribution is 6.03. The molecule has 1 aromatic heterocycles. The third-order valence-electron chi connectivity index (χ3n) is 4.41. The maximum absolute atomic E-state index is 12.4. The molecule has 0 aliphatic carbocycles. The first-order valence-corrected chi connectivity index (χ1v) is 9.33. The van der Waals surface area contributed by atoms with E-state index in [1.54, 1.807) is 7.11 Å². The van der Waals surface area contributed by atoms with Crippen molar-refractivity contribution in [2.24, 2.45) is 0 Å². The molecule has 0 aliphatic heterocycles. The largest absolute Gasteiger partial charge is 0.497 e. The fourth-order valence-electron chi connectivity index (χ4n) is 2.69. The highest BCUT2D eigenvalue weighted by atomic mass is 16.5. The van der Waals surface area contributed by atoms with Gasteiger partial charge in [-0.25, -0.2) is 9.97 Å². The van der Waals surface area contributed by atoms with Crippen molar-refractivity contribution in [3.63, 3.8) is 0 Å². The number of amides is 1. The van der Waals surface area contributed by atoms with Crippen LogP contribution in [0.5, 0.6) is 5.75 Å². The first kappa shape index (κ1) is 20.1. The van der Waals surface area contributed by atoms with Gasteiger partial charge in [0, 0.05) is 44.4 Å². The number of hydrogen-bond acceptors (Lipinski definition) is 6. The van der Waals surface area contributed by atoms with E-state index in [9.17, 15) is 4.79 Å². The Morgan fingerprint density at radius 3 is 2.24 bits per heavy atom. The molecule has 0 saturated carbocycles. The Balaban J connectivity index is 1.50. The van der Waals surface area contributed by atoms with Crippen LogP contribution in [-0.4, -0.2) is 43.6 Å². The second kappa shape index (κ2) is 9.54. The van der Waals surface area contributed by atoms with Crippen LogP contribution in [-0.2, 0) is 6.42 Å². The SMILES string of the molecule is COc1ccc(CCNc2ncc(C(=O)Nc3ccc(N(C)C)cc3)cn2)cc1. The third kappa shape index (κ3) is 5.68. The summed E-state index contributed by atoms with van der Waals surface area (Å²) >= 11 is 0. The van der Waals surface area contributed by atoms with Crippen molar-refractivity contribution in [2.75, 3.05) is 43.3 Å². The summed E-state index contributed by atoms with van der Waals surface area (Å²) in [6.45, 7) is 0.691. The van der Waals surface area contributed by atoms with Crippen LogP contribution in [0.25, 0.3) is 0 Å². The topological polar surface area (TPSA) is 79.4 Å². The lowest BCUT2D eigenvalue weighted by Crippen LogP contribution is -2.14. The molecular formula is C22H25N5O2. The second-order valence-corrected chi connectivity index (χ2v) is 6.72. The van der Waals surface area contributed by atoms with Gasteiger partial charge >= 0.3 is 0 Å². The van der Waals surface area contributed by atoms with E-state index in [0.717, 1.165) is 23.5 Å². The molecule has 1 amide bonds. The molecule has 0 spiro atoms. The standard InChI is InChI=1S/C22H25N5O2/c1-27(2)19-8-6-18(7-9-19)26-21(28)17-14-24-22(25-15-17)23-13-12-16-4-10-20(29-3)11-5-16/h4-11,14-15H,12-13H2,1-3H3,(H,26,28)(H,23,24,25). The van der Waals surface area contributed by atoms with Crippen molar-refractivity contribution < 1.29 is 9.53 Å². The lowest BCUT2D eigenvalue weighted by atomic mass is 10.1. The summed E-state index contributed by atoms with van der Waals surface area (Å²) in [6.07, 6.45) is 3.87. The summed E-state index contributed by atoms with van der Waals surface area (Å²) < 4.78 is 5.16. The van der Waals surface area contributed by atoms with Crippen LogP contribution in [0.4, 0.5) is 17.3 Å². The normalized spacial score (nSPS) is 10.3. The minimum absolute atomic E-state index is 0.243. The van der Waals surface area contributed by atoms with Gasteiger partial charge in [0.05, 0.1) is 12.7 Å². The molecule has 3 aromatic rings. The Morgan fingerprint density at radius 1 is 1.00 bits per heavy atom. The molecule has 0 unspecified atom stereocenters. The van der Waals surface area contributed by atoms with E-state index in [4.69, 9.17) is 4.74 Å². The number of nitrogens with zero attached hydrogens (tertiary/aromatic N) is 3. The van der Waals surface area contributed by atoms with Crippen molar-refractivity contribution in [1.82, 2.24) is 9.97 Å². The van der Waals surface area contributed by atoms with E-state index in [1.807, 2.05) is 67.5 Å². The molecule has 2 N–H and O–H groups in total. The number of anilines is 3. The van der Waals surface area contributed by atoms with Crippen molar-refractivity contribution in [2.45, 2.75) is 6.42 Å². The fraction of sp³-hybridized carbons (Fsp3) is 0.227. The molecule has 1 heterocycles. The zero-order valence-electron chi connectivity index (χ0n) is 16.8. The molecule has 0 saturated heterocycles. The van der Waals surface area contributed by atoms with E-state index < -0.39 is 0 Å². The Kier molecular flexibility index (Phi) is 6.63. The predicted molar refractivity (Wildman–Crippen MR) is 116 cm³/mol. The molecule has 0 aliphatic rings. The summed E-state index contributed by atoms with van der Waals surface area (Å²) in [4.78, 5) is 22.8. The highest BCUT2D eigenvalue weighted by Gasteiger charge is 2.08. The van der Waals surface area contributed by atoms with Crippen LogP contribution in [0.1, 0.15) is 15.9 Å². The molecule has 7 nitrogen and oxygen atoms in total. The number of methoxy groups -OCH3 is 1. The van der Waals surface area contributed by atoms with Gasteiger partial charge < -0.3 is 20.3 Å². The number of carbonyl (C=O) groups excluding carboxylic acids is 1. The zero-order valence-corrected chi connectivity index (χ0v) is 16.8. The number of rotatable bonds is 8. The zero-order chi connectivity index (χ0) is 20.6. The molecular weight excluding hydrogens is 366 g/mol. The van der Waals surface area contributed by atoms with Crippen LogP contribution >= 0.6 is 0 Å². The molecule has 3 rings (SSSR count). The minimum atomic E-state index is -0.243. The predicted octanol–water partition coefficient (Wildman–Crippen LogP) is 3.46. The Morgan fingerprint density at radius 2 is 1.66 bits per heavy atom. The van der Waals surface area contributed by atoms with E-state index in [2.05, 4.69) is 20.6 Å². The van der Waals surface area contributed by atoms with Gasteiger partial charge in [0.1, 0.15) is 5.75 Å². The molecule has 0 fully saturated rings. The lowest BCUT2D eigenvalue weighted by molar-refractivity contribution is 0.102. The van der Waals surface area contributed by atoms with E-state index in [1.165, 1.54) is 18.0 Å². The number of ether oxygens (including phenoxy) is 1. The van der Waals surface area contributed by atoms with Gasteiger partial charge in [-0.1, -0.05) is 12.1 Å². The molecule has 2 aromatic carbocycles. The third-order valence-corrected chi connectivity index (χ3v) is 4.41. The first-order chi connectivity index (χ1) is 14.0. The fourth-order valence-corrected chi connectivity index (χ4v) is 2.69. The molecule has 0 bridgehead atoms. The smallest absolute Gasteiger partial charge is 0.258 e. The van der Waals surface area contributed by atoms with Crippen LogP contribution in [0.3, 0.4) is 0 Å². The summed E-state index contributed by atoms with van der Waals surface area (Å²) in [5, 5.41) is 6.01. The van der Waals surface area contributed by atoms with Gasteiger partial charge in [0.2, 0.25) is 5.95 Å². The van der Waals surface area contributed by atoms with E-state index >= 15 is 0 Å². The van der Waals surface area contributed by atoms with Crippen LogP contribution in [0.2, 0.25) is 0 Å². The van der Waals surface area contributed by atoms with Gasteiger partial charge in [0.15, 0.2) is 0 Å². The monoisotopic (exact) mass is 391 g/mol. The van der Waals surface area contributed by atoms with Crippen molar-refractivity contribution in [3.8, 4) is 5.75 Å². The van der Waals surface area contributed by atoms with Crippen molar-refractivity contribution in [3.05, 3.63) is 72.1 Å². The summed E-state index contributed by atoms with van der Waals surface area (Å²) in [7, 11) is 5.59. The quantitative estimate of drug-likeness (QED) is 0.612. The number of carbonyl (C=O) groups is 1.